The van der Waals surface area contributed by atoms with Crippen molar-refractivity contribution < 1.29 is 4.74 Å². The number of hydrogen-bond acceptors (Lipinski definition) is 4. The molecule has 5 nitrogen and oxygen atoms in total. The van der Waals surface area contributed by atoms with Crippen LogP contribution >= 0.6 is 0 Å². The normalized spacial score (nSPS) is 14.5. The van der Waals surface area contributed by atoms with E-state index >= 15 is 0 Å². The zero-order valence-electron chi connectivity index (χ0n) is 17.9. The molecule has 5 heteroatoms. The molecule has 31 heavy (non-hydrogen) atoms. The van der Waals surface area contributed by atoms with Gasteiger partial charge in [0.15, 0.2) is 5.82 Å². The van der Waals surface area contributed by atoms with E-state index in [1.807, 2.05) is 12.4 Å². The molecule has 0 bridgehead atoms. The predicted molar refractivity (Wildman–Crippen MR) is 123 cm³/mol. The summed E-state index contributed by atoms with van der Waals surface area (Å²) < 4.78 is 7.88. The Morgan fingerprint density at radius 3 is 2.52 bits per heavy atom. The van der Waals surface area contributed by atoms with Gasteiger partial charge in [-0.05, 0) is 41.8 Å². The van der Waals surface area contributed by atoms with Crippen LogP contribution in [-0.4, -0.2) is 32.8 Å². The van der Waals surface area contributed by atoms with Gasteiger partial charge in [0.2, 0.25) is 0 Å². The summed E-state index contributed by atoms with van der Waals surface area (Å²) >= 11 is 0. The van der Waals surface area contributed by atoms with Crippen LogP contribution in [0.15, 0.2) is 73.1 Å². The van der Waals surface area contributed by atoms with Gasteiger partial charge in [-0.1, -0.05) is 61.4 Å². The lowest BCUT2D eigenvalue weighted by Crippen LogP contribution is -2.33. The summed E-state index contributed by atoms with van der Waals surface area (Å²) in [6.45, 7) is 1.59. The van der Waals surface area contributed by atoms with E-state index in [-0.39, 0.29) is 0 Å². The summed E-state index contributed by atoms with van der Waals surface area (Å²) in [6.07, 6.45) is 6.85. The minimum absolute atomic E-state index is 0.546. The Hall–Kier alpha value is -3.18. The molecule has 0 unspecified atom stereocenters. The van der Waals surface area contributed by atoms with Crippen LogP contribution < -0.4 is 4.74 Å². The smallest absolute Gasteiger partial charge is 0.151 e. The number of fused-ring (bicyclic) bond motifs is 1. The standard InChI is InChI=1S/C26H28N4O/c1-31-25-16-15-20-9-5-8-14-23(20)24(25)17-29(21-10-6-7-11-21)18-26-28-27-19-30(26)22-12-3-2-4-13-22/h2-5,8-9,12-16,19,21H,6-7,10-11,17-18H2,1H3. The molecule has 1 aromatic heterocycles. The van der Waals surface area contributed by atoms with E-state index in [0.29, 0.717) is 6.04 Å². The lowest BCUT2D eigenvalue weighted by atomic mass is 10.0. The summed E-state index contributed by atoms with van der Waals surface area (Å²) in [5.41, 5.74) is 2.34. The molecule has 0 N–H and O–H groups in total. The highest BCUT2D eigenvalue weighted by atomic mass is 16.5. The highest BCUT2D eigenvalue weighted by Crippen LogP contribution is 2.33. The number of para-hydroxylation sites is 1. The Balaban J connectivity index is 1.51. The second-order valence-corrected chi connectivity index (χ2v) is 8.26. The monoisotopic (exact) mass is 412 g/mol. The maximum Gasteiger partial charge on any atom is 0.151 e. The molecule has 158 valence electrons. The molecular weight excluding hydrogens is 384 g/mol. The van der Waals surface area contributed by atoms with Crippen LogP contribution in [0.25, 0.3) is 16.5 Å². The number of methoxy groups -OCH3 is 1. The van der Waals surface area contributed by atoms with Gasteiger partial charge in [-0.25, -0.2) is 0 Å². The first kappa shape index (κ1) is 19.8. The zero-order chi connectivity index (χ0) is 21.0. The van der Waals surface area contributed by atoms with Crippen molar-refractivity contribution in [1.82, 2.24) is 19.7 Å². The van der Waals surface area contributed by atoms with E-state index in [1.165, 1.54) is 42.0 Å². The predicted octanol–water partition coefficient (Wildman–Crippen LogP) is 5.37. The summed E-state index contributed by atoms with van der Waals surface area (Å²) in [6, 6.07) is 23.7. The Kier molecular flexibility index (Phi) is 5.67. The van der Waals surface area contributed by atoms with Crippen molar-refractivity contribution in [2.45, 2.75) is 44.8 Å². The van der Waals surface area contributed by atoms with Gasteiger partial charge in [0, 0.05) is 23.8 Å². The average Bonchev–Trinajstić information content (AvgIpc) is 3.52. The van der Waals surface area contributed by atoms with E-state index in [9.17, 15) is 0 Å². The van der Waals surface area contributed by atoms with Crippen molar-refractivity contribution in [3.05, 3.63) is 84.4 Å². The third-order valence-electron chi connectivity index (χ3n) is 6.42. The van der Waals surface area contributed by atoms with E-state index in [4.69, 9.17) is 4.74 Å². The van der Waals surface area contributed by atoms with Gasteiger partial charge in [-0.3, -0.25) is 9.47 Å². The minimum atomic E-state index is 0.546. The second kappa shape index (κ2) is 8.90. The first-order valence-electron chi connectivity index (χ1n) is 11.1. The Labute approximate surface area is 183 Å². The number of aromatic nitrogens is 3. The lowest BCUT2D eigenvalue weighted by Gasteiger charge is -2.29. The van der Waals surface area contributed by atoms with Crippen molar-refractivity contribution in [2.75, 3.05) is 7.11 Å². The average molecular weight is 413 g/mol. The highest BCUT2D eigenvalue weighted by Gasteiger charge is 2.26. The molecule has 1 aliphatic rings. The molecule has 0 spiro atoms. The van der Waals surface area contributed by atoms with Crippen molar-refractivity contribution in [1.29, 1.82) is 0 Å². The molecule has 0 aliphatic heterocycles. The van der Waals surface area contributed by atoms with Crippen molar-refractivity contribution in [3.63, 3.8) is 0 Å². The fourth-order valence-electron chi connectivity index (χ4n) is 4.81. The van der Waals surface area contributed by atoms with E-state index in [0.717, 1.165) is 30.4 Å². The molecule has 4 aromatic rings. The molecule has 0 saturated heterocycles. The number of benzene rings is 3. The lowest BCUT2D eigenvalue weighted by molar-refractivity contribution is 0.173. The molecule has 1 aliphatic carbocycles. The summed E-state index contributed by atoms with van der Waals surface area (Å²) in [7, 11) is 1.76. The van der Waals surface area contributed by atoms with Crippen LogP contribution in [0.2, 0.25) is 0 Å². The van der Waals surface area contributed by atoms with Gasteiger partial charge in [-0.15, -0.1) is 10.2 Å². The maximum atomic E-state index is 5.79. The van der Waals surface area contributed by atoms with Crippen molar-refractivity contribution >= 4 is 10.8 Å². The van der Waals surface area contributed by atoms with Crippen LogP contribution in [0.5, 0.6) is 5.75 Å². The highest BCUT2D eigenvalue weighted by molar-refractivity contribution is 5.87. The minimum Gasteiger partial charge on any atom is -0.496 e. The van der Waals surface area contributed by atoms with Gasteiger partial charge in [0.05, 0.1) is 13.7 Å². The van der Waals surface area contributed by atoms with E-state index in [2.05, 4.69) is 80.3 Å². The molecular formula is C26H28N4O. The third kappa shape index (κ3) is 4.06. The molecule has 1 heterocycles. The maximum absolute atomic E-state index is 5.79. The largest absolute Gasteiger partial charge is 0.496 e. The van der Waals surface area contributed by atoms with Crippen molar-refractivity contribution in [2.24, 2.45) is 0 Å². The van der Waals surface area contributed by atoms with Crippen LogP contribution in [0.4, 0.5) is 0 Å². The second-order valence-electron chi connectivity index (χ2n) is 8.26. The Morgan fingerprint density at radius 1 is 0.935 bits per heavy atom. The van der Waals surface area contributed by atoms with Crippen LogP contribution in [0, 0.1) is 0 Å². The number of hydrogen-bond donors (Lipinski definition) is 0. The molecule has 0 atom stereocenters. The number of rotatable bonds is 7. The first-order chi connectivity index (χ1) is 15.3. The van der Waals surface area contributed by atoms with Crippen LogP contribution in [0.1, 0.15) is 37.1 Å². The fourth-order valence-corrected chi connectivity index (χ4v) is 4.81. The molecule has 3 aromatic carbocycles. The summed E-state index contributed by atoms with van der Waals surface area (Å²) in [5.74, 6) is 1.92. The van der Waals surface area contributed by atoms with Gasteiger partial charge < -0.3 is 4.74 Å². The SMILES string of the molecule is COc1ccc2ccccc2c1CN(Cc1nncn1-c1ccccc1)C1CCCC1. The van der Waals surface area contributed by atoms with Crippen LogP contribution in [0.3, 0.4) is 0 Å². The van der Waals surface area contributed by atoms with Gasteiger partial charge in [-0.2, -0.15) is 0 Å². The van der Waals surface area contributed by atoms with E-state index in [1.54, 1.807) is 7.11 Å². The summed E-state index contributed by atoms with van der Waals surface area (Å²) in [5, 5.41) is 11.2. The fraction of sp³-hybridized carbons (Fsp3) is 0.308. The quantitative estimate of drug-likeness (QED) is 0.409. The van der Waals surface area contributed by atoms with Gasteiger partial charge >= 0.3 is 0 Å². The number of ether oxygens (including phenoxy) is 1. The van der Waals surface area contributed by atoms with Crippen molar-refractivity contribution in [3.8, 4) is 11.4 Å². The topological polar surface area (TPSA) is 43.2 Å². The van der Waals surface area contributed by atoms with Crippen LogP contribution in [-0.2, 0) is 13.1 Å². The molecule has 0 radical (unpaired) electrons. The Bertz CT molecular complexity index is 1150. The summed E-state index contributed by atoms with van der Waals surface area (Å²) in [4.78, 5) is 2.57. The van der Waals surface area contributed by atoms with E-state index < -0.39 is 0 Å². The van der Waals surface area contributed by atoms with Gasteiger partial charge in [0.25, 0.3) is 0 Å². The zero-order valence-corrected chi connectivity index (χ0v) is 17.9. The number of nitrogens with zero attached hydrogens (tertiary/aromatic N) is 4. The third-order valence-corrected chi connectivity index (χ3v) is 6.42. The molecule has 0 amide bonds. The molecule has 5 rings (SSSR count). The first-order valence-corrected chi connectivity index (χ1v) is 11.1. The Morgan fingerprint density at radius 2 is 1.71 bits per heavy atom. The van der Waals surface area contributed by atoms with Gasteiger partial charge in [0.1, 0.15) is 12.1 Å². The molecule has 1 saturated carbocycles. The molecule has 1 fully saturated rings.